The Kier molecular flexibility index (Phi) is 3.33. The summed E-state index contributed by atoms with van der Waals surface area (Å²) >= 11 is 1.72. The molecule has 0 spiro atoms. The predicted molar refractivity (Wildman–Crippen MR) is 78.3 cm³/mol. The third kappa shape index (κ3) is 2.69. The zero-order valence-electron chi connectivity index (χ0n) is 10.5. The van der Waals surface area contributed by atoms with E-state index in [2.05, 4.69) is 46.2 Å². The van der Waals surface area contributed by atoms with Crippen molar-refractivity contribution in [2.24, 2.45) is 0 Å². The summed E-state index contributed by atoms with van der Waals surface area (Å²) in [6.07, 6.45) is 3.16. The van der Waals surface area contributed by atoms with Crippen LogP contribution in [0.5, 0.6) is 0 Å². The van der Waals surface area contributed by atoms with Crippen molar-refractivity contribution < 1.29 is 4.42 Å². The van der Waals surface area contributed by atoms with Crippen LogP contribution in [0.1, 0.15) is 18.5 Å². The van der Waals surface area contributed by atoms with Crippen molar-refractivity contribution in [1.82, 2.24) is 4.98 Å². The molecule has 3 aromatic rings. The van der Waals surface area contributed by atoms with Gasteiger partial charge < -0.3 is 9.73 Å². The van der Waals surface area contributed by atoms with Crippen LogP contribution in [0.25, 0.3) is 11.3 Å². The molecular weight excluding hydrogens is 256 g/mol. The monoisotopic (exact) mass is 270 g/mol. The van der Waals surface area contributed by atoms with Gasteiger partial charge in [0.05, 0.1) is 6.20 Å². The maximum absolute atomic E-state index is 5.27. The van der Waals surface area contributed by atoms with Crippen molar-refractivity contribution in [3.63, 3.8) is 0 Å². The van der Waals surface area contributed by atoms with Gasteiger partial charge in [0.15, 0.2) is 12.2 Å². The molecule has 1 aromatic carbocycles. The van der Waals surface area contributed by atoms with Crippen LogP contribution in [0.2, 0.25) is 0 Å². The Labute approximate surface area is 115 Å². The highest BCUT2D eigenvalue weighted by Gasteiger charge is 2.06. The quantitative estimate of drug-likeness (QED) is 0.754. The highest BCUT2D eigenvalue weighted by Crippen LogP contribution is 2.24. The van der Waals surface area contributed by atoms with Crippen molar-refractivity contribution >= 4 is 17.0 Å². The number of hydrogen-bond donors (Lipinski definition) is 1. The average molecular weight is 270 g/mol. The summed E-state index contributed by atoms with van der Waals surface area (Å²) in [6, 6.07) is 10.6. The predicted octanol–water partition coefficient (Wildman–Crippen LogP) is 4.58. The van der Waals surface area contributed by atoms with E-state index in [4.69, 9.17) is 4.42 Å². The van der Waals surface area contributed by atoms with Gasteiger partial charge in [0.25, 0.3) is 0 Å². The van der Waals surface area contributed by atoms with E-state index in [9.17, 15) is 0 Å². The Bertz CT molecular complexity index is 615. The normalized spacial score (nSPS) is 12.3. The summed E-state index contributed by atoms with van der Waals surface area (Å²) in [5, 5.41) is 7.74. The fourth-order valence-electron chi connectivity index (χ4n) is 1.94. The minimum absolute atomic E-state index is 0.308. The van der Waals surface area contributed by atoms with E-state index in [1.807, 2.05) is 12.1 Å². The van der Waals surface area contributed by atoms with Crippen LogP contribution >= 0.6 is 11.3 Å². The highest BCUT2D eigenvalue weighted by atomic mass is 32.1. The van der Waals surface area contributed by atoms with Crippen LogP contribution in [0.3, 0.4) is 0 Å². The number of thiophene rings is 1. The number of nitrogens with one attached hydrogen (secondary N) is 1. The zero-order valence-corrected chi connectivity index (χ0v) is 11.4. The molecule has 1 atom stereocenters. The topological polar surface area (TPSA) is 38.1 Å². The van der Waals surface area contributed by atoms with E-state index in [-0.39, 0.29) is 0 Å². The number of benzene rings is 1. The van der Waals surface area contributed by atoms with Gasteiger partial charge in [-0.1, -0.05) is 0 Å². The molecule has 2 heterocycles. The van der Waals surface area contributed by atoms with Gasteiger partial charge in [-0.05, 0) is 53.6 Å². The third-order valence-corrected chi connectivity index (χ3v) is 3.73. The van der Waals surface area contributed by atoms with Gasteiger partial charge in [-0.3, -0.25) is 0 Å². The Morgan fingerprint density at radius 2 is 2.05 bits per heavy atom. The van der Waals surface area contributed by atoms with Gasteiger partial charge in [0.2, 0.25) is 0 Å². The number of hydrogen-bond acceptors (Lipinski definition) is 4. The lowest BCUT2D eigenvalue weighted by Gasteiger charge is -2.14. The molecule has 0 radical (unpaired) electrons. The summed E-state index contributed by atoms with van der Waals surface area (Å²) in [4.78, 5) is 3.92. The van der Waals surface area contributed by atoms with E-state index in [1.165, 1.54) is 12.0 Å². The van der Waals surface area contributed by atoms with Crippen LogP contribution < -0.4 is 5.32 Å². The molecule has 1 N–H and O–H groups in total. The Hall–Kier alpha value is -2.07. The van der Waals surface area contributed by atoms with Gasteiger partial charge in [0.1, 0.15) is 0 Å². The van der Waals surface area contributed by atoms with E-state index in [0.29, 0.717) is 6.04 Å². The molecule has 3 rings (SSSR count). The molecule has 4 heteroatoms. The summed E-state index contributed by atoms with van der Waals surface area (Å²) in [5.41, 5.74) is 3.44. The smallest absolute Gasteiger partial charge is 0.181 e. The summed E-state index contributed by atoms with van der Waals surface area (Å²) in [6.45, 7) is 2.16. The largest absolute Gasteiger partial charge is 0.444 e. The number of nitrogens with zero attached hydrogens (tertiary/aromatic N) is 1. The van der Waals surface area contributed by atoms with Crippen molar-refractivity contribution in [1.29, 1.82) is 0 Å². The molecule has 0 aliphatic heterocycles. The van der Waals surface area contributed by atoms with Gasteiger partial charge >= 0.3 is 0 Å². The molecule has 0 saturated carbocycles. The second-order valence-electron chi connectivity index (χ2n) is 4.37. The highest BCUT2D eigenvalue weighted by molar-refractivity contribution is 7.07. The summed E-state index contributed by atoms with van der Waals surface area (Å²) in [5.74, 6) is 0.789. The maximum Gasteiger partial charge on any atom is 0.181 e. The lowest BCUT2D eigenvalue weighted by molar-refractivity contribution is 0.572. The first-order chi connectivity index (χ1) is 9.33. The third-order valence-electron chi connectivity index (χ3n) is 3.03. The summed E-state index contributed by atoms with van der Waals surface area (Å²) in [7, 11) is 0. The van der Waals surface area contributed by atoms with E-state index < -0.39 is 0 Å². The molecule has 0 amide bonds. The zero-order chi connectivity index (χ0) is 13.1. The minimum Gasteiger partial charge on any atom is -0.444 e. The molecule has 19 heavy (non-hydrogen) atoms. The number of aromatic nitrogens is 1. The molecule has 2 aromatic heterocycles. The first-order valence-corrected chi connectivity index (χ1v) is 7.05. The number of oxazole rings is 1. The van der Waals surface area contributed by atoms with Gasteiger partial charge in [-0.15, -0.1) is 0 Å². The van der Waals surface area contributed by atoms with Gasteiger partial charge in [-0.25, -0.2) is 4.98 Å². The molecule has 3 nitrogen and oxygen atoms in total. The van der Waals surface area contributed by atoms with Crippen molar-refractivity contribution in [3.05, 3.63) is 59.2 Å². The molecule has 0 aliphatic carbocycles. The van der Waals surface area contributed by atoms with Gasteiger partial charge in [-0.2, -0.15) is 11.3 Å². The molecule has 96 valence electrons. The fraction of sp³-hybridized carbons (Fsp3) is 0.133. The Balaban J connectivity index is 1.73. The summed E-state index contributed by atoms with van der Waals surface area (Å²) < 4.78 is 5.27. The van der Waals surface area contributed by atoms with E-state index in [0.717, 1.165) is 17.0 Å². The molecule has 0 aliphatic rings. The molecule has 1 unspecified atom stereocenters. The molecule has 0 bridgehead atoms. The second kappa shape index (κ2) is 5.28. The average Bonchev–Trinajstić information content (AvgIpc) is 3.13. The molecule has 0 saturated heterocycles. The van der Waals surface area contributed by atoms with Crippen LogP contribution in [-0.2, 0) is 0 Å². The number of anilines is 1. The fourth-order valence-corrected chi connectivity index (χ4v) is 2.70. The first kappa shape index (κ1) is 12.0. The second-order valence-corrected chi connectivity index (χ2v) is 5.15. The van der Waals surface area contributed by atoms with Crippen molar-refractivity contribution in [3.8, 4) is 11.3 Å². The Morgan fingerprint density at radius 3 is 2.68 bits per heavy atom. The SMILES string of the molecule is CC(Nc1ccc(-c2cnco2)cc1)c1ccsc1. The Morgan fingerprint density at radius 1 is 1.21 bits per heavy atom. The standard InChI is InChI=1S/C15H14N2OS/c1-11(13-6-7-19-9-13)17-14-4-2-12(3-5-14)15-8-16-10-18-15/h2-11,17H,1H3. The van der Waals surface area contributed by atoms with Crippen molar-refractivity contribution in [2.75, 3.05) is 5.32 Å². The molecular formula is C15H14N2OS. The van der Waals surface area contributed by atoms with E-state index >= 15 is 0 Å². The lowest BCUT2D eigenvalue weighted by Crippen LogP contribution is -2.05. The molecule has 0 fully saturated rings. The van der Waals surface area contributed by atoms with Crippen LogP contribution in [0.15, 0.2) is 58.1 Å². The van der Waals surface area contributed by atoms with Crippen LogP contribution in [0.4, 0.5) is 5.69 Å². The minimum atomic E-state index is 0.308. The van der Waals surface area contributed by atoms with Gasteiger partial charge in [0, 0.05) is 17.3 Å². The van der Waals surface area contributed by atoms with E-state index in [1.54, 1.807) is 17.5 Å². The van der Waals surface area contributed by atoms with Crippen molar-refractivity contribution in [2.45, 2.75) is 13.0 Å². The van der Waals surface area contributed by atoms with Crippen LogP contribution in [-0.4, -0.2) is 4.98 Å². The lowest BCUT2D eigenvalue weighted by atomic mass is 10.1. The maximum atomic E-state index is 5.27. The van der Waals surface area contributed by atoms with Crippen LogP contribution in [0, 0.1) is 0 Å². The first-order valence-electron chi connectivity index (χ1n) is 6.10. The number of rotatable bonds is 4.